The smallest absolute Gasteiger partial charge is 0.314 e. The first kappa shape index (κ1) is 32.4. The quantitative estimate of drug-likeness (QED) is 0.211. The molecular weight excluding hydrogens is 455 g/mol. The number of carbonyl (C=O) groups is 2. The van der Waals surface area contributed by atoms with E-state index < -0.39 is 11.9 Å². The maximum absolute atomic E-state index is 10.4. The Morgan fingerprint density at radius 3 is 1.94 bits per heavy atom. The van der Waals surface area contributed by atoms with Crippen molar-refractivity contribution in [3.8, 4) is 11.5 Å². The molecule has 1 heterocycles. The molecule has 1 aliphatic heterocycles. The van der Waals surface area contributed by atoms with Gasteiger partial charge in [0.2, 0.25) is 6.79 Å². The predicted octanol–water partition coefficient (Wildman–Crippen LogP) is 3.22. The van der Waals surface area contributed by atoms with Crippen molar-refractivity contribution < 1.29 is 38.4 Å². The van der Waals surface area contributed by atoms with E-state index in [4.69, 9.17) is 28.8 Å². The molecule has 0 amide bonds. The molecule has 1 atom stereocenters. The van der Waals surface area contributed by atoms with Crippen LogP contribution in [0.25, 0.3) is 0 Å². The lowest BCUT2D eigenvalue weighted by Gasteiger charge is -2.11. The molecule has 0 saturated heterocycles. The molecule has 0 radical (unpaired) electrons. The number of carboxylic acid groups (broad SMARTS) is 1. The van der Waals surface area contributed by atoms with Crippen LogP contribution in [0.2, 0.25) is 0 Å². The van der Waals surface area contributed by atoms with Gasteiger partial charge in [0.15, 0.2) is 28.9 Å². The molecule has 0 fully saturated rings. The maximum Gasteiger partial charge on any atom is 0.314 e. The van der Waals surface area contributed by atoms with Crippen molar-refractivity contribution in [1.29, 1.82) is 0 Å². The molecule has 0 aliphatic carbocycles. The highest BCUT2D eigenvalue weighted by molar-refractivity contribution is 5.96. The molecule has 34 heavy (non-hydrogen) atoms. The van der Waals surface area contributed by atoms with E-state index in [2.05, 4.69) is 19.9 Å². The van der Waals surface area contributed by atoms with Crippen molar-refractivity contribution in [2.75, 3.05) is 39.8 Å². The summed E-state index contributed by atoms with van der Waals surface area (Å²) >= 11 is 0. The molecular formula is C25H43AlO8. The van der Waals surface area contributed by atoms with E-state index in [1.54, 1.807) is 6.92 Å². The third-order valence-electron chi connectivity index (χ3n) is 5.06. The highest BCUT2D eigenvalue weighted by atomic mass is 27.0. The number of rotatable bonds is 16. The number of unbranched alkanes of at least 4 members (excludes halogenated alkanes) is 1. The number of ether oxygens (including phenoxy) is 5. The zero-order valence-corrected chi connectivity index (χ0v) is 20.5. The Morgan fingerprint density at radius 2 is 1.47 bits per heavy atom. The zero-order chi connectivity index (χ0) is 24.5. The first-order chi connectivity index (χ1) is 15.9. The van der Waals surface area contributed by atoms with Gasteiger partial charge in [-0.15, -0.1) is 0 Å². The number of aliphatic carboxylic acids is 1. The third-order valence-corrected chi connectivity index (χ3v) is 5.06. The van der Waals surface area contributed by atoms with Crippen LogP contribution in [0.1, 0.15) is 64.5 Å². The first-order valence-electron chi connectivity index (χ1n) is 11.8. The van der Waals surface area contributed by atoms with Crippen molar-refractivity contribution >= 4 is 29.1 Å². The number of hydrogen-bond acceptors (Lipinski definition) is 7. The molecule has 1 aliphatic rings. The Labute approximate surface area is 214 Å². The Morgan fingerprint density at radius 1 is 0.912 bits per heavy atom. The van der Waals surface area contributed by atoms with Gasteiger partial charge in [0.25, 0.3) is 0 Å². The Balaban J connectivity index is 0.000000931. The third kappa shape index (κ3) is 12.7. The normalized spacial score (nSPS) is 12.4. The lowest BCUT2D eigenvalue weighted by Crippen LogP contribution is -2.19. The van der Waals surface area contributed by atoms with Gasteiger partial charge in [-0.3, -0.25) is 9.59 Å². The van der Waals surface area contributed by atoms with Crippen molar-refractivity contribution in [3.63, 3.8) is 0 Å². The molecule has 2 rings (SSSR count). The minimum atomic E-state index is -1.02. The summed E-state index contributed by atoms with van der Waals surface area (Å²) in [6, 6.07) is 4.12. The minimum absolute atomic E-state index is 0. The summed E-state index contributed by atoms with van der Waals surface area (Å²) in [4.78, 5) is 20.6. The number of ketones is 1. The van der Waals surface area contributed by atoms with Gasteiger partial charge >= 0.3 is 5.97 Å². The molecule has 0 aromatic heterocycles. The molecule has 8 nitrogen and oxygen atoms in total. The average Bonchev–Trinajstić information content (AvgIpc) is 3.23. The van der Waals surface area contributed by atoms with Crippen molar-refractivity contribution in [3.05, 3.63) is 23.3 Å². The van der Waals surface area contributed by atoms with E-state index in [-0.39, 0.29) is 23.1 Å². The molecule has 194 valence electrons. The number of fused-ring (bicyclic) bond motifs is 1. The zero-order valence-electron chi connectivity index (χ0n) is 20.5. The van der Waals surface area contributed by atoms with Crippen LogP contribution in [0, 0.1) is 5.92 Å². The van der Waals surface area contributed by atoms with Gasteiger partial charge in [0, 0.05) is 6.61 Å². The van der Waals surface area contributed by atoms with Crippen molar-refractivity contribution in [2.24, 2.45) is 5.92 Å². The predicted molar refractivity (Wildman–Crippen MR) is 135 cm³/mol. The number of carbonyl (C=O) groups excluding carboxylic acids is 1. The number of Topliss-reactive ketones (excluding diaryl/α,β-unsaturated/α-hetero) is 1. The van der Waals surface area contributed by atoms with E-state index in [0.717, 1.165) is 43.8 Å². The van der Waals surface area contributed by atoms with Gasteiger partial charge in [-0.25, -0.2) is 0 Å². The average molecular weight is 499 g/mol. The van der Waals surface area contributed by atoms with E-state index in [1.165, 1.54) is 18.1 Å². The monoisotopic (exact) mass is 498 g/mol. The van der Waals surface area contributed by atoms with Crippen molar-refractivity contribution in [2.45, 2.75) is 66.4 Å². The van der Waals surface area contributed by atoms with Crippen LogP contribution in [0.3, 0.4) is 0 Å². The number of carboxylic acids is 1. The van der Waals surface area contributed by atoms with Crippen LogP contribution in [0.5, 0.6) is 11.5 Å². The van der Waals surface area contributed by atoms with E-state index >= 15 is 0 Å². The van der Waals surface area contributed by atoms with Gasteiger partial charge in [-0.05, 0) is 49.4 Å². The SMILES string of the molecule is CCC(C(C)=O)C(=O)O.CCCCOCCOCCOCc1cc2c(cc1CCC)OCO2.[AlH3]. The second-order valence-electron chi connectivity index (χ2n) is 7.76. The minimum Gasteiger partial charge on any atom is -0.481 e. The van der Waals surface area contributed by atoms with Gasteiger partial charge in [-0.1, -0.05) is 33.6 Å². The van der Waals surface area contributed by atoms with Crippen LogP contribution in [0.4, 0.5) is 0 Å². The van der Waals surface area contributed by atoms with E-state index in [1.807, 2.05) is 6.07 Å². The summed E-state index contributed by atoms with van der Waals surface area (Å²) in [6.07, 6.45) is 4.76. The first-order valence-corrected chi connectivity index (χ1v) is 11.8. The molecule has 1 N–H and O–H groups in total. The highest BCUT2D eigenvalue weighted by Gasteiger charge is 2.19. The second-order valence-corrected chi connectivity index (χ2v) is 7.76. The summed E-state index contributed by atoms with van der Waals surface area (Å²) in [6.45, 7) is 11.4. The molecule has 0 spiro atoms. The maximum atomic E-state index is 10.4. The fourth-order valence-corrected chi connectivity index (χ4v) is 3.17. The van der Waals surface area contributed by atoms with Crippen LogP contribution in [-0.4, -0.2) is 74.0 Å². The summed E-state index contributed by atoms with van der Waals surface area (Å²) in [5.74, 6) is -0.442. The van der Waals surface area contributed by atoms with Crippen LogP contribution >= 0.6 is 0 Å². The van der Waals surface area contributed by atoms with Crippen molar-refractivity contribution in [1.82, 2.24) is 0 Å². The van der Waals surface area contributed by atoms with E-state index in [0.29, 0.717) is 46.2 Å². The topological polar surface area (TPSA) is 101 Å². The summed E-state index contributed by atoms with van der Waals surface area (Å²) in [5, 5.41) is 8.32. The Kier molecular flexibility index (Phi) is 18.7. The number of benzene rings is 1. The standard InChI is InChI=1S/C19H30O5.C6H10O3.Al.3H/c1-3-5-7-20-8-9-21-10-11-22-14-17-13-19-18(23-15-24-19)12-16(17)6-4-2;1-3-5(4(2)7)6(8)9;;;;/h12-13H,3-11,14-15H2,1-2H3;5H,3H2,1-2H3,(H,8,9);;;;. The number of aryl methyl sites for hydroxylation is 1. The molecule has 1 unspecified atom stereocenters. The second kappa shape index (κ2) is 19.7. The van der Waals surface area contributed by atoms with Gasteiger partial charge in [0.05, 0.1) is 33.0 Å². The molecule has 0 saturated carbocycles. The summed E-state index contributed by atoms with van der Waals surface area (Å²) < 4.78 is 27.6. The van der Waals surface area contributed by atoms with Gasteiger partial charge < -0.3 is 28.8 Å². The van der Waals surface area contributed by atoms with Gasteiger partial charge in [0.1, 0.15) is 11.7 Å². The molecule has 0 bridgehead atoms. The lowest BCUT2D eigenvalue weighted by atomic mass is 10.0. The van der Waals surface area contributed by atoms with E-state index in [9.17, 15) is 9.59 Å². The fraction of sp³-hybridized carbons (Fsp3) is 0.680. The number of hydrogen-bond donors (Lipinski definition) is 1. The largest absolute Gasteiger partial charge is 0.481 e. The Bertz CT molecular complexity index is 696. The van der Waals surface area contributed by atoms with Crippen LogP contribution < -0.4 is 9.47 Å². The fourth-order valence-electron chi connectivity index (χ4n) is 3.17. The highest BCUT2D eigenvalue weighted by Crippen LogP contribution is 2.35. The Hall–Kier alpha value is -1.63. The molecule has 1 aromatic carbocycles. The van der Waals surface area contributed by atoms with Gasteiger partial charge in [-0.2, -0.15) is 0 Å². The summed E-state index contributed by atoms with van der Waals surface area (Å²) in [5.41, 5.74) is 2.44. The molecule has 9 heteroatoms. The summed E-state index contributed by atoms with van der Waals surface area (Å²) in [7, 11) is 0. The lowest BCUT2D eigenvalue weighted by molar-refractivity contribution is -0.145. The van der Waals surface area contributed by atoms with Crippen LogP contribution in [-0.2, 0) is 36.8 Å². The van der Waals surface area contributed by atoms with Crippen LogP contribution in [0.15, 0.2) is 12.1 Å². The molecule has 1 aromatic rings.